The van der Waals surface area contributed by atoms with Crippen molar-refractivity contribution < 1.29 is 9.84 Å². The third-order valence-corrected chi connectivity index (χ3v) is 5.51. The van der Waals surface area contributed by atoms with E-state index in [1.807, 2.05) is 6.92 Å². The molecule has 0 amide bonds. The third kappa shape index (κ3) is 2.54. The first kappa shape index (κ1) is 15.7. The van der Waals surface area contributed by atoms with Gasteiger partial charge in [0.25, 0.3) is 0 Å². The highest BCUT2D eigenvalue weighted by atomic mass is 32.1. The number of thiophene rings is 1. The molecule has 0 radical (unpaired) electrons. The maximum atomic E-state index is 9.80. The molecule has 2 N–H and O–H groups in total. The molecular formula is C16H21N5O2S. The molecule has 0 aliphatic carbocycles. The van der Waals surface area contributed by atoms with Crippen molar-refractivity contribution in [3.63, 3.8) is 0 Å². The predicted molar refractivity (Wildman–Crippen MR) is 93.5 cm³/mol. The topological polar surface area (TPSA) is 84.6 Å². The fraction of sp³-hybridized carbons (Fsp3) is 0.562. The van der Waals surface area contributed by atoms with Gasteiger partial charge in [-0.25, -0.2) is 9.97 Å². The average Bonchev–Trinajstić information content (AvgIpc) is 3.15. The van der Waals surface area contributed by atoms with E-state index >= 15 is 0 Å². The summed E-state index contributed by atoms with van der Waals surface area (Å²) in [6.45, 7) is 7.21. The van der Waals surface area contributed by atoms with Crippen molar-refractivity contribution in [3.05, 3.63) is 16.8 Å². The van der Waals surface area contributed by atoms with Crippen LogP contribution in [0.4, 0.5) is 5.95 Å². The van der Waals surface area contributed by atoms with Gasteiger partial charge in [0.1, 0.15) is 11.2 Å². The summed E-state index contributed by atoms with van der Waals surface area (Å²) >= 11 is 1.65. The van der Waals surface area contributed by atoms with Crippen molar-refractivity contribution in [2.75, 3.05) is 11.9 Å². The first-order valence-corrected chi connectivity index (χ1v) is 9.00. The second kappa shape index (κ2) is 5.65. The zero-order valence-electron chi connectivity index (χ0n) is 14.0. The Morgan fingerprint density at radius 2 is 2.33 bits per heavy atom. The van der Waals surface area contributed by atoms with Crippen molar-refractivity contribution >= 4 is 33.1 Å². The number of hydrogen-bond donors (Lipinski definition) is 2. The van der Waals surface area contributed by atoms with Gasteiger partial charge in [-0.3, -0.25) is 0 Å². The van der Waals surface area contributed by atoms with Crippen molar-refractivity contribution in [2.24, 2.45) is 0 Å². The summed E-state index contributed by atoms with van der Waals surface area (Å²) in [5, 5.41) is 18.4. The minimum Gasteiger partial charge on any atom is -0.391 e. The van der Waals surface area contributed by atoms with Gasteiger partial charge in [0.05, 0.1) is 23.7 Å². The zero-order chi connectivity index (χ0) is 16.9. The third-order valence-electron chi connectivity index (χ3n) is 4.42. The molecule has 7 nitrogen and oxygen atoms in total. The van der Waals surface area contributed by atoms with E-state index in [9.17, 15) is 5.11 Å². The number of rotatable bonds is 4. The molecule has 24 heavy (non-hydrogen) atoms. The van der Waals surface area contributed by atoms with Crippen molar-refractivity contribution in [2.45, 2.75) is 51.9 Å². The van der Waals surface area contributed by atoms with Gasteiger partial charge >= 0.3 is 0 Å². The molecule has 1 aliphatic heterocycles. The summed E-state index contributed by atoms with van der Waals surface area (Å²) < 4.78 is 7.65. The van der Waals surface area contributed by atoms with Gasteiger partial charge in [-0.15, -0.1) is 11.3 Å². The molecule has 0 saturated heterocycles. The van der Waals surface area contributed by atoms with Gasteiger partial charge < -0.3 is 15.2 Å². The van der Waals surface area contributed by atoms with Crippen molar-refractivity contribution in [1.29, 1.82) is 0 Å². The summed E-state index contributed by atoms with van der Waals surface area (Å²) in [5.74, 6) is 0.612. The number of aliphatic hydroxyl groups is 1. The average molecular weight is 347 g/mol. The monoisotopic (exact) mass is 347 g/mol. The van der Waals surface area contributed by atoms with E-state index < -0.39 is 6.10 Å². The lowest BCUT2D eigenvalue weighted by molar-refractivity contribution is -0.0379. The summed E-state index contributed by atoms with van der Waals surface area (Å²) in [7, 11) is 0. The number of nitrogens with one attached hydrogen (secondary N) is 1. The van der Waals surface area contributed by atoms with E-state index in [0.717, 1.165) is 22.3 Å². The molecule has 3 aromatic rings. The number of ether oxygens (including phenoxy) is 1. The summed E-state index contributed by atoms with van der Waals surface area (Å²) in [5.41, 5.74) is 1.90. The smallest absolute Gasteiger partial charge is 0.227 e. The Morgan fingerprint density at radius 3 is 3.12 bits per heavy atom. The van der Waals surface area contributed by atoms with Crippen LogP contribution >= 0.6 is 11.3 Å². The molecule has 4 heterocycles. The van der Waals surface area contributed by atoms with Crippen LogP contribution in [0.3, 0.4) is 0 Å². The van der Waals surface area contributed by atoms with E-state index in [2.05, 4.69) is 29.2 Å². The number of aliphatic hydroxyl groups excluding tert-OH is 1. The van der Waals surface area contributed by atoms with Gasteiger partial charge in [-0.05, 0) is 25.8 Å². The zero-order valence-corrected chi connectivity index (χ0v) is 14.9. The van der Waals surface area contributed by atoms with Crippen LogP contribution in [-0.2, 0) is 17.8 Å². The minimum absolute atomic E-state index is 0.180. The highest BCUT2D eigenvalue weighted by molar-refractivity contribution is 7.19. The van der Waals surface area contributed by atoms with E-state index in [4.69, 9.17) is 9.72 Å². The molecule has 0 spiro atoms. The molecule has 0 aromatic carbocycles. The van der Waals surface area contributed by atoms with Crippen LogP contribution < -0.4 is 5.32 Å². The Labute approximate surface area is 143 Å². The minimum atomic E-state index is -0.410. The second-order valence-electron chi connectivity index (χ2n) is 6.78. The fourth-order valence-corrected chi connectivity index (χ4v) is 4.12. The highest BCUT2D eigenvalue weighted by Crippen LogP contribution is 2.40. The molecule has 1 atom stereocenters. The Hall–Kier alpha value is -1.77. The van der Waals surface area contributed by atoms with Crippen LogP contribution in [0.15, 0.2) is 6.33 Å². The Kier molecular flexibility index (Phi) is 3.70. The molecule has 0 saturated carbocycles. The first-order valence-electron chi connectivity index (χ1n) is 8.18. The number of anilines is 1. The molecule has 3 aromatic heterocycles. The highest BCUT2D eigenvalue weighted by Gasteiger charge is 2.31. The second-order valence-corrected chi connectivity index (χ2v) is 7.87. The number of fused-ring (bicyclic) bond motifs is 5. The first-order chi connectivity index (χ1) is 11.5. The summed E-state index contributed by atoms with van der Waals surface area (Å²) in [6, 6.07) is 0. The molecule has 0 fully saturated rings. The Bertz CT molecular complexity index is 901. The lowest BCUT2D eigenvalue weighted by Gasteiger charge is -2.30. The largest absolute Gasteiger partial charge is 0.391 e. The van der Waals surface area contributed by atoms with Crippen molar-refractivity contribution in [1.82, 2.24) is 19.6 Å². The number of hydrogen-bond acceptors (Lipinski definition) is 7. The van der Waals surface area contributed by atoms with E-state index in [-0.39, 0.29) is 5.60 Å². The maximum Gasteiger partial charge on any atom is 0.227 e. The summed E-state index contributed by atoms with van der Waals surface area (Å²) in [4.78, 5) is 11.3. The standard InChI is InChI=1S/C16H21N5O2S/c1-4-9(22)6-17-15-20-14-12(13-18-8-19-21(13)15)10-5-16(2,3)23-7-11(10)24-14/h8-9,22H,4-7H2,1-3H3,(H,17,20)/t9-/m1/s1. The molecule has 0 bridgehead atoms. The van der Waals surface area contributed by atoms with Gasteiger partial charge in [0, 0.05) is 17.8 Å². The van der Waals surface area contributed by atoms with Crippen LogP contribution in [0.2, 0.25) is 0 Å². The molecule has 0 unspecified atom stereocenters. The quantitative estimate of drug-likeness (QED) is 0.754. The molecular weight excluding hydrogens is 326 g/mol. The Morgan fingerprint density at radius 1 is 1.50 bits per heavy atom. The van der Waals surface area contributed by atoms with Gasteiger partial charge in [-0.1, -0.05) is 6.92 Å². The van der Waals surface area contributed by atoms with Gasteiger partial charge in [-0.2, -0.15) is 9.61 Å². The fourth-order valence-electron chi connectivity index (χ4n) is 3.03. The predicted octanol–water partition coefficient (Wildman–Crippen LogP) is 2.37. The molecule has 128 valence electrons. The van der Waals surface area contributed by atoms with E-state index in [1.54, 1.807) is 22.2 Å². The SMILES string of the molecule is CC[C@@H](O)CNc1nc2sc3c(c2c2ncnn12)CC(C)(C)OC3. The molecule has 8 heteroatoms. The normalized spacial score (nSPS) is 18.0. The van der Waals surface area contributed by atoms with Crippen LogP contribution in [0, 0.1) is 0 Å². The van der Waals surface area contributed by atoms with Gasteiger partial charge in [0.15, 0.2) is 5.65 Å². The maximum absolute atomic E-state index is 9.80. The van der Waals surface area contributed by atoms with E-state index in [1.165, 1.54) is 10.4 Å². The van der Waals surface area contributed by atoms with Gasteiger partial charge in [0.2, 0.25) is 5.95 Å². The lowest BCUT2D eigenvalue weighted by atomic mass is 9.94. The van der Waals surface area contributed by atoms with Crippen LogP contribution in [0.5, 0.6) is 0 Å². The van der Waals surface area contributed by atoms with Crippen LogP contribution in [-0.4, -0.2) is 42.9 Å². The number of aromatic nitrogens is 4. The molecule has 4 rings (SSSR count). The summed E-state index contributed by atoms with van der Waals surface area (Å²) in [6.07, 6.45) is 2.67. The number of nitrogens with zero attached hydrogens (tertiary/aromatic N) is 4. The van der Waals surface area contributed by atoms with Crippen LogP contribution in [0.25, 0.3) is 15.9 Å². The van der Waals surface area contributed by atoms with Crippen LogP contribution in [0.1, 0.15) is 37.6 Å². The lowest BCUT2D eigenvalue weighted by Crippen LogP contribution is -2.31. The Balaban J connectivity index is 1.85. The molecule has 1 aliphatic rings. The van der Waals surface area contributed by atoms with Crippen molar-refractivity contribution in [3.8, 4) is 0 Å². The van der Waals surface area contributed by atoms with E-state index in [0.29, 0.717) is 25.5 Å².